The molecule has 0 aliphatic heterocycles. The van der Waals surface area contributed by atoms with Crippen molar-refractivity contribution in [2.24, 2.45) is 5.92 Å². The smallest absolute Gasteiger partial charge is 0.355 e. The van der Waals surface area contributed by atoms with Crippen LogP contribution in [0.3, 0.4) is 0 Å². The maximum Gasteiger partial charge on any atom is 0.355 e. The van der Waals surface area contributed by atoms with Crippen molar-refractivity contribution in [3.8, 4) is 0 Å². The highest BCUT2D eigenvalue weighted by atomic mass is 16.5. The van der Waals surface area contributed by atoms with E-state index in [1.165, 1.54) is 13.0 Å². The lowest BCUT2D eigenvalue weighted by Gasteiger charge is -2.10. The van der Waals surface area contributed by atoms with Gasteiger partial charge in [0.15, 0.2) is 12.4 Å². The first kappa shape index (κ1) is 22.5. The highest BCUT2D eigenvalue weighted by molar-refractivity contribution is 6.02. The van der Waals surface area contributed by atoms with Gasteiger partial charge in [-0.15, -0.1) is 0 Å². The van der Waals surface area contributed by atoms with E-state index >= 15 is 0 Å². The molecule has 2 aromatic rings. The fraction of sp³-hybridized carbons (Fsp3) is 0.217. The quantitative estimate of drug-likeness (QED) is 0.397. The van der Waals surface area contributed by atoms with Crippen LogP contribution >= 0.6 is 0 Å². The van der Waals surface area contributed by atoms with Gasteiger partial charge in [0, 0.05) is 24.1 Å². The molecule has 2 N–H and O–H groups in total. The summed E-state index contributed by atoms with van der Waals surface area (Å²) >= 11 is 0. The number of carbonyl (C=O) groups excluding carboxylic acids is 4. The Morgan fingerprint density at radius 2 is 1.60 bits per heavy atom. The van der Waals surface area contributed by atoms with Crippen LogP contribution in [0, 0.1) is 5.92 Å². The number of ketones is 1. The van der Waals surface area contributed by atoms with Gasteiger partial charge in [-0.25, -0.2) is 4.79 Å². The number of anilines is 1. The van der Waals surface area contributed by atoms with E-state index in [1.54, 1.807) is 62.4 Å². The van der Waals surface area contributed by atoms with Crippen LogP contribution in [0.1, 0.15) is 36.7 Å². The molecule has 2 aromatic carbocycles. The first-order valence-corrected chi connectivity index (χ1v) is 9.42. The fourth-order valence-electron chi connectivity index (χ4n) is 2.37. The molecule has 0 saturated carbocycles. The molecule has 7 heteroatoms. The second-order valence-electron chi connectivity index (χ2n) is 6.87. The van der Waals surface area contributed by atoms with Crippen LogP contribution in [0.2, 0.25) is 0 Å². The minimum absolute atomic E-state index is 0.0618. The van der Waals surface area contributed by atoms with Crippen molar-refractivity contribution in [3.63, 3.8) is 0 Å². The molecule has 2 rings (SSSR count). The summed E-state index contributed by atoms with van der Waals surface area (Å²) in [6.45, 7) is 4.35. The summed E-state index contributed by atoms with van der Waals surface area (Å²) < 4.78 is 5.08. The van der Waals surface area contributed by atoms with E-state index in [0.717, 1.165) is 0 Å². The number of ether oxygens (including phenoxy) is 1. The van der Waals surface area contributed by atoms with Crippen LogP contribution < -0.4 is 10.6 Å². The van der Waals surface area contributed by atoms with Crippen LogP contribution in [0.5, 0.6) is 0 Å². The lowest BCUT2D eigenvalue weighted by Crippen LogP contribution is -2.27. The van der Waals surface area contributed by atoms with Crippen molar-refractivity contribution in [1.29, 1.82) is 0 Å². The van der Waals surface area contributed by atoms with E-state index in [0.29, 0.717) is 16.8 Å². The minimum Gasteiger partial charge on any atom is -0.453 e. The number of nitrogens with one attached hydrogen (secondary N) is 2. The molecular formula is C23H24N2O5. The van der Waals surface area contributed by atoms with Crippen LogP contribution in [-0.4, -0.2) is 30.2 Å². The first-order chi connectivity index (χ1) is 14.3. The standard InChI is InChI=1S/C23H24N2O5/c1-15(2)22(28)25-19-11-9-18(10-12-19)21(27)14-30-23(29)20(24-16(3)26)13-17-7-5-4-6-8-17/h4-13,15H,14H2,1-3H3,(H,24,26)(H,25,28)/b20-13-. The molecule has 0 spiro atoms. The largest absolute Gasteiger partial charge is 0.453 e. The number of benzene rings is 2. The van der Waals surface area contributed by atoms with Crippen molar-refractivity contribution < 1.29 is 23.9 Å². The lowest BCUT2D eigenvalue weighted by molar-refractivity contribution is -0.139. The summed E-state index contributed by atoms with van der Waals surface area (Å²) in [5, 5.41) is 5.15. The molecule has 0 fully saturated rings. The monoisotopic (exact) mass is 408 g/mol. The van der Waals surface area contributed by atoms with Crippen LogP contribution in [0.15, 0.2) is 60.3 Å². The minimum atomic E-state index is -0.816. The number of Topliss-reactive ketones (excluding diaryl/α,β-unsaturated/α-hetero) is 1. The number of esters is 1. The van der Waals surface area contributed by atoms with Crippen molar-refractivity contribution in [2.75, 3.05) is 11.9 Å². The zero-order valence-electron chi connectivity index (χ0n) is 17.1. The average molecular weight is 408 g/mol. The Morgan fingerprint density at radius 1 is 0.967 bits per heavy atom. The Balaban J connectivity index is 2.01. The molecule has 0 aliphatic carbocycles. The molecule has 0 aromatic heterocycles. The maximum atomic E-state index is 12.4. The van der Waals surface area contributed by atoms with E-state index in [4.69, 9.17) is 4.74 Å². The fourth-order valence-corrected chi connectivity index (χ4v) is 2.37. The number of hydrogen-bond donors (Lipinski definition) is 2. The van der Waals surface area contributed by atoms with Gasteiger partial charge in [-0.05, 0) is 35.9 Å². The molecule has 0 radical (unpaired) electrons. The normalized spacial score (nSPS) is 11.0. The summed E-state index contributed by atoms with van der Waals surface area (Å²) in [7, 11) is 0. The predicted octanol–water partition coefficient (Wildman–Crippen LogP) is 3.18. The molecular weight excluding hydrogens is 384 g/mol. The van der Waals surface area contributed by atoms with Gasteiger partial charge in [-0.3, -0.25) is 14.4 Å². The maximum absolute atomic E-state index is 12.4. The predicted molar refractivity (Wildman–Crippen MR) is 113 cm³/mol. The van der Waals surface area contributed by atoms with Crippen molar-refractivity contribution >= 4 is 35.3 Å². The third kappa shape index (κ3) is 7.01. The lowest BCUT2D eigenvalue weighted by atomic mass is 10.1. The van der Waals surface area contributed by atoms with E-state index in [-0.39, 0.29) is 17.5 Å². The highest BCUT2D eigenvalue weighted by Crippen LogP contribution is 2.12. The SMILES string of the molecule is CC(=O)N/C(=C\c1ccccc1)C(=O)OCC(=O)c1ccc(NC(=O)C(C)C)cc1. The molecule has 0 bridgehead atoms. The zero-order valence-corrected chi connectivity index (χ0v) is 17.1. The van der Waals surface area contributed by atoms with E-state index in [9.17, 15) is 19.2 Å². The molecule has 0 aliphatic rings. The topological polar surface area (TPSA) is 102 Å². The summed E-state index contributed by atoms with van der Waals surface area (Å²) in [5.74, 6) is -1.94. The van der Waals surface area contributed by atoms with Crippen molar-refractivity contribution in [1.82, 2.24) is 5.32 Å². The molecule has 7 nitrogen and oxygen atoms in total. The first-order valence-electron chi connectivity index (χ1n) is 9.42. The van der Waals surface area contributed by atoms with Crippen LogP contribution in [0.4, 0.5) is 5.69 Å². The molecule has 0 unspecified atom stereocenters. The van der Waals surface area contributed by atoms with Gasteiger partial charge < -0.3 is 15.4 Å². The van der Waals surface area contributed by atoms with Crippen LogP contribution in [0.25, 0.3) is 6.08 Å². The molecule has 2 amide bonds. The Labute approximate surface area is 175 Å². The molecule has 0 atom stereocenters. The number of rotatable bonds is 8. The van der Waals surface area contributed by atoms with Gasteiger partial charge in [-0.2, -0.15) is 0 Å². The summed E-state index contributed by atoms with van der Waals surface area (Å²) in [6.07, 6.45) is 1.47. The summed E-state index contributed by atoms with van der Waals surface area (Å²) in [5.41, 5.74) is 1.54. The van der Waals surface area contributed by atoms with Gasteiger partial charge in [0.25, 0.3) is 0 Å². The van der Waals surface area contributed by atoms with Crippen molar-refractivity contribution in [2.45, 2.75) is 20.8 Å². The number of amides is 2. The number of carbonyl (C=O) groups is 4. The van der Waals surface area contributed by atoms with E-state index < -0.39 is 24.3 Å². The summed E-state index contributed by atoms with van der Waals surface area (Å²) in [6, 6.07) is 15.2. The average Bonchev–Trinajstić information content (AvgIpc) is 2.72. The second-order valence-corrected chi connectivity index (χ2v) is 6.87. The van der Waals surface area contributed by atoms with Gasteiger partial charge in [-0.1, -0.05) is 44.2 Å². The Morgan fingerprint density at radius 3 is 2.17 bits per heavy atom. The van der Waals surface area contributed by atoms with Crippen LogP contribution in [-0.2, 0) is 19.1 Å². The highest BCUT2D eigenvalue weighted by Gasteiger charge is 2.16. The van der Waals surface area contributed by atoms with Gasteiger partial charge in [0.2, 0.25) is 11.8 Å². The molecule has 0 heterocycles. The zero-order chi connectivity index (χ0) is 22.1. The number of hydrogen-bond acceptors (Lipinski definition) is 5. The third-order valence-electron chi connectivity index (χ3n) is 3.97. The van der Waals surface area contributed by atoms with Crippen molar-refractivity contribution in [3.05, 3.63) is 71.4 Å². The Hall–Kier alpha value is -3.74. The molecule has 0 saturated heterocycles. The van der Waals surface area contributed by atoms with E-state index in [2.05, 4.69) is 10.6 Å². The Kier molecular flexibility index (Phi) is 8.05. The molecule has 30 heavy (non-hydrogen) atoms. The summed E-state index contributed by atoms with van der Waals surface area (Å²) in [4.78, 5) is 47.8. The Bertz CT molecular complexity index is 947. The van der Waals surface area contributed by atoms with Gasteiger partial charge >= 0.3 is 5.97 Å². The molecule has 156 valence electrons. The second kappa shape index (κ2) is 10.7. The third-order valence-corrected chi connectivity index (χ3v) is 3.97. The van der Waals surface area contributed by atoms with Gasteiger partial charge in [0.1, 0.15) is 5.70 Å². The van der Waals surface area contributed by atoms with Gasteiger partial charge in [0.05, 0.1) is 0 Å². The van der Waals surface area contributed by atoms with E-state index in [1.807, 2.05) is 6.07 Å².